The van der Waals surface area contributed by atoms with E-state index in [2.05, 4.69) is 15.4 Å². The van der Waals surface area contributed by atoms with E-state index in [9.17, 15) is 14.4 Å². The second kappa shape index (κ2) is 8.40. The van der Waals surface area contributed by atoms with Gasteiger partial charge in [-0.05, 0) is 35.9 Å². The molecule has 2 aliphatic rings. The molecule has 9 nitrogen and oxygen atoms in total. The van der Waals surface area contributed by atoms with Crippen molar-refractivity contribution in [2.45, 2.75) is 6.61 Å². The first-order valence-electron chi connectivity index (χ1n) is 8.31. The Bertz CT molecular complexity index is 926. The predicted molar refractivity (Wildman–Crippen MR) is 98.4 cm³/mol. The molecule has 9 heteroatoms. The van der Waals surface area contributed by atoms with Gasteiger partial charge in [0, 0.05) is 0 Å². The number of carbonyl (C=O) groups excluding carboxylic acids is 3. The molecule has 0 saturated heterocycles. The Morgan fingerprint density at radius 1 is 1.00 bits per heavy atom. The average Bonchev–Trinajstić information content (AvgIpc) is 2.72. The number of aliphatic hydroxyl groups is 1. The number of hydrogen-bond acceptors (Lipinski definition) is 7. The van der Waals surface area contributed by atoms with Crippen LogP contribution in [-0.4, -0.2) is 43.2 Å². The van der Waals surface area contributed by atoms with Gasteiger partial charge in [-0.3, -0.25) is 9.59 Å². The number of ether oxygens (including phenoxy) is 3. The first kappa shape index (κ1) is 19.2. The Morgan fingerprint density at radius 3 is 2.14 bits per heavy atom. The van der Waals surface area contributed by atoms with Crippen LogP contribution in [0.2, 0.25) is 0 Å². The summed E-state index contributed by atoms with van der Waals surface area (Å²) in [5.74, 6) is 0.365. The maximum absolute atomic E-state index is 11.2. The van der Waals surface area contributed by atoms with Crippen LogP contribution in [0.1, 0.15) is 15.9 Å². The van der Waals surface area contributed by atoms with Gasteiger partial charge in [-0.2, -0.15) is 0 Å². The molecule has 0 fully saturated rings. The fourth-order valence-electron chi connectivity index (χ4n) is 2.56. The minimum atomic E-state index is -0.447. The van der Waals surface area contributed by atoms with Gasteiger partial charge < -0.3 is 30.0 Å². The quantitative estimate of drug-likeness (QED) is 0.665. The zero-order chi connectivity index (χ0) is 20.1. The average molecular weight is 386 g/mol. The largest absolute Gasteiger partial charge is 0.482 e. The molecular weight excluding hydrogens is 368 g/mol. The zero-order valence-corrected chi connectivity index (χ0v) is 15.0. The molecule has 0 unspecified atom stereocenters. The molecule has 0 aromatic heterocycles. The number of benzene rings is 2. The highest BCUT2D eigenvalue weighted by Crippen LogP contribution is 2.29. The van der Waals surface area contributed by atoms with Crippen LogP contribution in [0.15, 0.2) is 36.4 Å². The second-order valence-electron chi connectivity index (χ2n) is 5.86. The molecule has 2 amide bonds. The summed E-state index contributed by atoms with van der Waals surface area (Å²) < 4.78 is 14.8. The third-order valence-electron chi connectivity index (χ3n) is 3.89. The van der Waals surface area contributed by atoms with Crippen molar-refractivity contribution in [2.75, 3.05) is 31.0 Å². The van der Waals surface area contributed by atoms with Crippen molar-refractivity contribution in [3.05, 3.63) is 47.5 Å². The van der Waals surface area contributed by atoms with Crippen LogP contribution in [0.5, 0.6) is 11.5 Å². The second-order valence-corrected chi connectivity index (χ2v) is 5.86. The SMILES string of the molecule is COC(=O)c1ccc2c(c1)NC(=O)CO2.O=C1COc2ccc(CO)cc2N1. The van der Waals surface area contributed by atoms with Crippen LogP contribution in [0.25, 0.3) is 0 Å². The molecule has 0 saturated carbocycles. The highest BCUT2D eigenvalue weighted by atomic mass is 16.5. The zero-order valence-electron chi connectivity index (χ0n) is 15.0. The molecule has 146 valence electrons. The van der Waals surface area contributed by atoms with E-state index < -0.39 is 5.97 Å². The van der Waals surface area contributed by atoms with E-state index in [1.165, 1.54) is 13.2 Å². The third kappa shape index (κ3) is 4.38. The van der Waals surface area contributed by atoms with Crippen LogP contribution >= 0.6 is 0 Å². The molecule has 0 bridgehead atoms. The van der Waals surface area contributed by atoms with Crippen molar-refractivity contribution in [3.63, 3.8) is 0 Å². The van der Waals surface area contributed by atoms with Gasteiger partial charge in [-0.25, -0.2) is 4.79 Å². The van der Waals surface area contributed by atoms with Crippen molar-refractivity contribution >= 4 is 29.2 Å². The van der Waals surface area contributed by atoms with E-state index in [0.717, 1.165) is 5.56 Å². The van der Waals surface area contributed by atoms with E-state index in [4.69, 9.17) is 14.6 Å². The fraction of sp³-hybridized carbons (Fsp3) is 0.211. The maximum Gasteiger partial charge on any atom is 0.337 e. The number of aliphatic hydroxyl groups excluding tert-OH is 1. The summed E-state index contributed by atoms with van der Waals surface area (Å²) >= 11 is 0. The number of fused-ring (bicyclic) bond motifs is 2. The van der Waals surface area contributed by atoms with Crippen molar-refractivity contribution in [2.24, 2.45) is 0 Å². The van der Waals surface area contributed by atoms with E-state index in [1.807, 2.05) is 0 Å². The van der Waals surface area contributed by atoms with Gasteiger partial charge in [0.15, 0.2) is 13.2 Å². The Kier molecular flexibility index (Phi) is 5.75. The van der Waals surface area contributed by atoms with Crippen LogP contribution in [0, 0.1) is 0 Å². The molecule has 0 aliphatic carbocycles. The van der Waals surface area contributed by atoms with Gasteiger partial charge in [0.2, 0.25) is 0 Å². The Morgan fingerprint density at radius 2 is 1.57 bits per heavy atom. The molecular formula is C19H18N2O7. The molecule has 2 aliphatic heterocycles. The fourth-order valence-corrected chi connectivity index (χ4v) is 2.56. The number of rotatable bonds is 2. The predicted octanol–water partition coefficient (Wildman–Crippen LogP) is 1.31. The lowest BCUT2D eigenvalue weighted by molar-refractivity contribution is -0.119. The Balaban J connectivity index is 0.000000162. The smallest absolute Gasteiger partial charge is 0.337 e. The van der Waals surface area contributed by atoms with Gasteiger partial charge in [0.25, 0.3) is 11.8 Å². The highest BCUT2D eigenvalue weighted by molar-refractivity contribution is 5.98. The first-order valence-corrected chi connectivity index (χ1v) is 8.31. The molecule has 2 heterocycles. The molecule has 0 atom stereocenters. The number of hydrogen-bond donors (Lipinski definition) is 3. The first-order chi connectivity index (χ1) is 13.5. The van der Waals surface area contributed by atoms with Crippen LogP contribution < -0.4 is 20.1 Å². The summed E-state index contributed by atoms with van der Waals surface area (Å²) in [7, 11) is 1.30. The lowest BCUT2D eigenvalue weighted by atomic mass is 10.1. The highest BCUT2D eigenvalue weighted by Gasteiger charge is 2.18. The number of methoxy groups -OCH3 is 1. The standard InChI is InChI=1S/C10H9NO4.C9H9NO3/c1-14-10(13)6-2-3-8-7(4-6)11-9(12)5-15-8;11-4-6-1-2-8-7(3-6)10-9(12)5-13-8/h2-4H,5H2,1H3,(H,11,12);1-3,11H,4-5H2,(H,10,12). The van der Waals surface area contributed by atoms with Crippen LogP contribution in [-0.2, 0) is 20.9 Å². The Labute approximate surface area is 160 Å². The number of anilines is 2. The number of carbonyl (C=O) groups is 3. The van der Waals surface area contributed by atoms with Gasteiger partial charge in [0.05, 0.1) is 30.7 Å². The summed E-state index contributed by atoms with van der Waals surface area (Å²) in [6.07, 6.45) is 0. The number of esters is 1. The molecule has 28 heavy (non-hydrogen) atoms. The monoisotopic (exact) mass is 386 g/mol. The Hall–Kier alpha value is -3.59. The van der Waals surface area contributed by atoms with E-state index in [0.29, 0.717) is 28.4 Å². The summed E-state index contributed by atoms with van der Waals surface area (Å²) in [5.41, 5.74) is 2.25. The minimum Gasteiger partial charge on any atom is -0.482 e. The summed E-state index contributed by atoms with van der Waals surface area (Å²) in [4.78, 5) is 33.2. The van der Waals surface area contributed by atoms with Crippen molar-refractivity contribution < 1.29 is 33.7 Å². The van der Waals surface area contributed by atoms with E-state index >= 15 is 0 Å². The van der Waals surface area contributed by atoms with Gasteiger partial charge >= 0.3 is 5.97 Å². The minimum absolute atomic E-state index is 0.00453. The molecule has 2 aromatic carbocycles. The molecule has 4 rings (SSSR count). The van der Waals surface area contributed by atoms with Gasteiger partial charge in [-0.15, -0.1) is 0 Å². The molecule has 3 N–H and O–H groups in total. The molecule has 0 radical (unpaired) electrons. The summed E-state index contributed by atoms with van der Waals surface area (Å²) in [6.45, 7) is 0.0270. The lowest BCUT2D eigenvalue weighted by Crippen LogP contribution is -2.25. The number of amides is 2. The van der Waals surface area contributed by atoms with Crippen LogP contribution in [0.3, 0.4) is 0 Å². The van der Waals surface area contributed by atoms with Crippen LogP contribution in [0.4, 0.5) is 11.4 Å². The van der Waals surface area contributed by atoms with Crippen molar-refractivity contribution in [3.8, 4) is 11.5 Å². The molecule has 2 aromatic rings. The maximum atomic E-state index is 11.2. The number of nitrogens with one attached hydrogen (secondary N) is 2. The van der Waals surface area contributed by atoms with Gasteiger partial charge in [-0.1, -0.05) is 6.07 Å². The normalized spacial score (nSPS) is 13.9. The summed E-state index contributed by atoms with van der Waals surface area (Å²) in [6, 6.07) is 9.93. The topological polar surface area (TPSA) is 123 Å². The molecule has 0 spiro atoms. The lowest BCUT2D eigenvalue weighted by Gasteiger charge is -2.17. The van der Waals surface area contributed by atoms with Crippen molar-refractivity contribution in [1.82, 2.24) is 0 Å². The summed E-state index contributed by atoms with van der Waals surface area (Å²) in [5, 5.41) is 14.1. The third-order valence-corrected chi connectivity index (χ3v) is 3.89. The van der Waals surface area contributed by atoms with Gasteiger partial charge in [0.1, 0.15) is 11.5 Å². The van der Waals surface area contributed by atoms with E-state index in [1.54, 1.807) is 30.3 Å². The van der Waals surface area contributed by atoms with Crippen molar-refractivity contribution in [1.29, 1.82) is 0 Å². The van der Waals surface area contributed by atoms with E-state index in [-0.39, 0.29) is 31.6 Å².